The van der Waals surface area contributed by atoms with Crippen molar-refractivity contribution in [2.24, 2.45) is 5.10 Å². The molecule has 1 aliphatic heterocycles. The Hall–Kier alpha value is -4.29. The molecular formula is C20H17N5O8S2. The number of anilines is 1. The van der Waals surface area contributed by atoms with Crippen molar-refractivity contribution < 1.29 is 36.0 Å². The first-order chi connectivity index (χ1) is 16.5. The number of hydrogen-bond acceptors (Lipinski definition) is 11. The van der Waals surface area contributed by atoms with E-state index in [0.29, 0.717) is 4.31 Å². The van der Waals surface area contributed by atoms with Gasteiger partial charge in [0.1, 0.15) is 17.5 Å². The van der Waals surface area contributed by atoms with Crippen molar-refractivity contribution in [2.75, 3.05) is 18.6 Å². The van der Waals surface area contributed by atoms with Gasteiger partial charge in [-0.3, -0.25) is 15.0 Å². The minimum atomic E-state index is -4.42. The molecule has 1 aliphatic rings. The number of nitrogens with zero attached hydrogens (tertiary/aromatic N) is 3. The van der Waals surface area contributed by atoms with Gasteiger partial charge in [0, 0.05) is 0 Å². The van der Waals surface area contributed by atoms with Crippen LogP contribution in [0.1, 0.15) is 17.3 Å². The molecule has 2 aromatic carbocycles. The predicted octanol–water partition coefficient (Wildman–Crippen LogP) is 0.191. The Morgan fingerprint density at radius 3 is 2.40 bits per heavy atom. The van der Waals surface area contributed by atoms with E-state index in [1.54, 1.807) is 17.7 Å². The van der Waals surface area contributed by atoms with Crippen molar-refractivity contribution in [3.63, 3.8) is 0 Å². The summed E-state index contributed by atoms with van der Waals surface area (Å²) in [6.45, 7) is 0.565. The summed E-state index contributed by atoms with van der Waals surface area (Å²) in [5, 5.41) is 12.5. The van der Waals surface area contributed by atoms with Crippen LogP contribution in [0.25, 0.3) is 0 Å². The van der Waals surface area contributed by atoms with Crippen LogP contribution in [-0.4, -0.2) is 57.8 Å². The maximum atomic E-state index is 12.5. The van der Waals surface area contributed by atoms with E-state index in [1.165, 1.54) is 36.4 Å². The van der Waals surface area contributed by atoms with Gasteiger partial charge in [0.2, 0.25) is 5.71 Å². The first kappa shape index (κ1) is 25.3. The van der Waals surface area contributed by atoms with Gasteiger partial charge >= 0.3 is 5.97 Å². The number of esters is 1. The van der Waals surface area contributed by atoms with Gasteiger partial charge in [-0.15, -0.1) is 0 Å². The van der Waals surface area contributed by atoms with Gasteiger partial charge in [-0.05, 0) is 43.3 Å². The zero-order valence-electron chi connectivity index (χ0n) is 18.0. The van der Waals surface area contributed by atoms with E-state index in [-0.39, 0.29) is 27.6 Å². The van der Waals surface area contributed by atoms with Gasteiger partial charge < -0.3 is 4.74 Å². The number of ether oxygens (including phenoxy) is 1. The van der Waals surface area contributed by atoms with Crippen molar-refractivity contribution in [1.82, 2.24) is 9.03 Å². The smallest absolute Gasteiger partial charge is 0.369 e. The normalized spacial score (nSPS) is 14.6. The van der Waals surface area contributed by atoms with Crippen molar-refractivity contribution in [1.29, 1.82) is 5.26 Å². The molecule has 35 heavy (non-hydrogen) atoms. The Morgan fingerprint density at radius 2 is 1.80 bits per heavy atom. The van der Waals surface area contributed by atoms with E-state index in [2.05, 4.69) is 15.3 Å². The lowest BCUT2D eigenvalue weighted by Gasteiger charge is -2.15. The van der Waals surface area contributed by atoms with E-state index in [9.17, 15) is 31.2 Å². The number of nitrogens with one attached hydrogen (secondary N) is 2. The van der Waals surface area contributed by atoms with Gasteiger partial charge in [-0.2, -0.15) is 10.4 Å². The van der Waals surface area contributed by atoms with E-state index in [1.807, 2.05) is 0 Å². The van der Waals surface area contributed by atoms with E-state index in [4.69, 9.17) is 5.26 Å². The predicted molar refractivity (Wildman–Crippen MR) is 120 cm³/mol. The number of hydrazone groups is 1. The zero-order valence-corrected chi connectivity index (χ0v) is 19.6. The molecule has 0 aromatic heterocycles. The van der Waals surface area contributed by atoms with Gasteiger partial charge in [0.25, 0.3) is 31.9 Å². The number of carbonyl (C=O) groups excluding carboxylic acids is 3. The van der Waals surface area contributed by atoms with Gasteiger partial charge in [-0.1, -0.05) is 12.1 Å². The average Bonchev–Trinajstić information content (AvgIpc) is 3.00. The molecule has 0 aliphatic carbocycles. The van der Waals surface area contributed by atoms with Gasteiger partial charge in [-0.25, -0.2) is 30.7 Å². The molecule has 13 nitrogen and oxygen atoms in total. The number of carbonyl (C=O) groups is 3. The Balaban J connectivity index is 1.69. The molecule has 0 atom stereocenters. The number of benzene rings is 2. The molecule has 2 N–H and O–H groups in total. The van der Waals surface area contributed by atoms with Crippen LogP contribution in [-0.2, 0) is 34.4 Å². The Kier molecular flexibility index (Phi) is 7.17. The average molecular weight is 520 g/mol. The van der Waals surface area contributed by atoms with Crippen LogP contribution in [0.15, 0.2) is 63.4 Å². The lowest BCUT2D eigenvalue weighted by Crippen LogP contribution is -2.42. The van der Waals surface area contributed by atoms with Crippen LogP contribution in [0.5, 0.6) is 0 Å². The topological polar surface area (TPSA) is 192 Å². The van der Waals surface area contributed by atoms with Crippen LogP contribution in [0.3, 0.4) is 0 Å². The lowest BCUT2D eigenvalue weighted by atomic mass is 10.2. The summed E-state index contributed by atoms with van der Waals surface area (Å²) in [5.41, 5.74) is 1.94. The summed E-state index contributed by atoms with van der Waals surface area (Å²) >= 11 is 0. The fraction of sp³-hybridized carbons (Fsp3) is 0.150. The highest BCUT2D eigenvalue weighted by molar-refractivity contribution is 7.90. The standard InChI is InChI=1S/C20H17N5O8S2/c1-2-33-20(28)16(11-21)23-22-13-7-9-14(10-8-13)34(29,30)24-18(26)12-25-19(27)15-5-3-4-6-17(15)35(25,31)32/h3-10,22H,2,12H2,1H3,(H,24,26)/b23-16+. The quantitative estimate of drug-likeness (QED) is 0.276. The maximum absolute atomic E-state index is 12.5. The Bertz CT molecular complexity index is 1480. The van der Waals surface area contributed by atoms with E-state index >= 15 is 0 Å². The van der Waals surface area contributed by atoms with Crippen molar-refractivity contribution >= 4 is 49.2 Å². The molecule has 0 unspecified atom stereocenters. The Morgan fingerprint density at radius 1 is 1.14 bits per heavy atom. The first-order valence-electron chi connectivity index (χ1n) is 9.74. The molecule has 0 saturated heterocycles. The minimum absolute atomic E-state index is 0.0442. The molecule has 0 saturated carbocycles. The molecule has 2 aromatic rings. The number of fused-ring (bicyclic) bond motifs is 1. The summed E-state index contributed by atoms with van der Waals surface area (Å²) in [4.78, 5) is 35.6. The van der Waals surface area contributed by atoms with E-state index in [0.717, 1.165) is 12.1 Å². The number of sulfonamides is 2. The molecular weight excluding hydrogens is 502 g/mol. The number of amides is 2. The van der Waals surface area contributed by atoms with Crippen LogP contribution in [0.2, 0.25) is 0 Å². The van der Waals surface area contributed by atoms with Crippen LogP contribution in [0, 0.1) is 11.3 Å². The molecule has 0 spiro atoms. The minimum Gasteiger partial charge on any atom is -0.461 e. The largest absolute Gasteiger partial charge is 0.461 e. The lowest BCUT2D eigenvalue weighted by molar-refractivity contribution is -0.134. The van der Waals surface area contributed by atoms with Crippen molar-refractivity contribution in [3.8, 4) is 6.07 Å². The third-order valence-electron chi connectivity index (χ3n) is 4.48. The summed E-state index contributed by atoms with van der Waals surface area (Å²) in [5.74, 6) is -3.12. The first-order valence-corrected chi connectivity index (χ1v) is 12.7. The van der Waals surface area contributed by atoms with Gasteiger partial charge in [0.15, 0.2) is 0 Å². The fourth-order valence-corrected chi connectivity index (χ4v) is 5.41. The molecule has 0 bridgehead atoms. The highest BCUT2D eigenvalue weighted by atomic mass is 32.2. The van der Waals surface area contributed by atoms with Crippen LogP contribution >= 0.6 is 0 Å². The fourth-order valence-electron chi connectivity index (χ4n) is 2.90. The van der Waals surface area contributed by atoms with Gasteiger partial charge in [0.05, 0.1) is 22.8 Å². The second-order valence-electron chi connectivity index (χ2n) is 6.77. The molecule has 2 amide bonds. The van der Waals surface area contributed by atoms with Crippen LogP contribution < -0.4 is 10.1 Å². The maximum Gasteiger partial charge on any atom is 0.369 e. The summed E-state index contributed by atoms with van der Waals surface area (Å²) in [6, 6.07) is 11.6. The third-order valence-corrected chi connectivity index (χ3v) is 7.66. The zero-order chi connectivity index (χ0) is 25.8. The summed E-state index contributed by atoms with van der Waals surface area (Å²) in [7, 11) is -8.71. The molecule has 182 valence electrons. The molecule has 1 heterocycles. The third kappa shape index (κ3) is 5.28. The highest BCUT2D eigenvalue weighted by Gasteiger charge is 2.42. The van der Waals surface area contributed by atoms with Crippen molar-refractivity contribution in [2.45, 2.75) is 16.7 Å². The molecule has 0 fully saturated rings. The molecule has 0 radical (unpaired) electrons. The van der Waals surface area contributed by atoms with Crippen LogP contribution in [0.4, 0.5) is 5.69 Å². The molecule has 3 rings (SSSR count). The van der Waals surface area contributed by atoms with E-state index < -0.39 is 50.1 Å². The number of hydrogen-bond donors (Lipinski definition) is 2. The molecule has 15 heteroatoms. The number of rotatable bonds is 8. The van der Waals surface area contributed by atoms with Crippen molar-refractivity contribution in [3.05, 3.63) is 54.1 Å². The summed E-state index contributed by atoms with van der Waals surface area (Å²) in [6.07, 6.45) is 0. The number of nitriles is 1. The Labute approximate surface area is 200 Å². The second kappa shape index (κ2) is 9.91. The highest BCUT2D eigenvalue weighted by Crippen LogP contribution is 2.29. The SMILES string of the molecule is CCOC(=O)/C(C#N)=N/Nc1ccc(S(=O)(=O)NC(=O)CN2C(=O)c3ccccc3S2(=O)=O)cc1. The summed E-state index contributed by atoms with van der Waals surface area (Å²) < 4.78 is 56.8. The second-order valence-corrected chi connectivity index (χ2v) is 10.3. The monoisotopic (exact) mass is 519 g/mol.